The van der Waals surface area contributed by atoms with Crippen LogP contribution < -0.4 is 24.7 Å². The van der Waals surface area contributed by atoms with Crippen molar-refractivity contribution in [1.29, 1.82) is 0 Å². The zero-order valence-corrected chi connectivity index (χ0v) is 34.0. The molecule has 1 atom stereocenters. The highest BCUT2D eigenvalue weighted by Crippen LogP contribution is 2.52. The van der Waals surface area contributed by atoms with Crippen LogP contribution in [0.1, 0.15) is 47.2 Å². The van der Waals surface area contributed by atoms with Gasteiger partial charge in [0.2, 0.25) is 0 Å². The fourth-order valence-corrected chi connectivity index (χ4v) is 20.1. The van der Waals surface area contributed by atoms with Gasteiger partial charge in [0, 0.05) is 27.0 Å². The Morgan fingerprint density at radius 3 is 1.92 bits per heavy atom. The van der Waals surface area contributed by atoms with Gasteiger partial charge in [-0.1, -0.05) is 123 Å². The molecule has 0 aromatic heterocycles. The summed E-state index contributed by atoms with van der Waals surface area (Å²) >= 11 is 2.12. The van der Waals surface area contributed by atoms with Gasteiger partial charge in [-0.15, -0.1) is 11.2 Å². The van der Waals surface area contributed by atoms with Gasteiger partial charge < -0.3 is 9.16 Å². The Kier molecular flexibility index (Phi) is 8.06. The summed E-state index contributed by atoms with van der Waals surface area (Å²) in [5.41, 5.74) is 12.5. The number of benzene rings is 6. The number of ether oxygens (including phenoxy) is 1. The van der Waals surface area contributed by atoms with Gasteiger partial charge in [-0.2, -0.15) is 0 Å². The molecule has 1 unspecified atom stereocenters. The van der Waals surface area contributed by atoms with Gasteiger partial charge in [-0.05, 0) is 108 Å². The summed E-state index contributed by atoms with van der Waals surface area (Å²) in [4.78, 5) is 1.37. The zero-order valence-electron chi connectivity index (χ0n) is 31.2. The summed E-state index contributed by atoms with van der Waals surface area (Å²) in [5, 5.41) is 4.23. The number of fused-ring (bicyclic) bond motifs is 4. The molecular weight excluding hydrogens is 673 g/mol. The van der Waals surface area contributed by atoms with Crippen molar-refractivity contribution in [2.24, 2.45) is 0 Å². The van der Waals surface area contributed by atoms with Gasteiger partial charge in [0.1, 0.15) is 17.2 Å². The third-order valence-electron chi connectivity index (χ3n) is 11.5. The standard InChI is InChI=1S/C46H46O2SSi2/c1-29-25-27-33(31(3)43(29)35-17-16-19-37-44(35)47-38-20-11-10-18-36(38)46(37,5)6)34-28-26-30(2)45(32(34)4)51(9)41-23-14-12-21-39(41)48-50(7,8)42-24-15-13-22-40(42)49-51/h10-28H,1-9H3. The van der Waals surface area contributed by atoms with Crippen LogP contribution in [-0.4, -0.2) is 15.5 Å². The Bertz CT molecular complexity index is 2380. The average molecular weight is 719 g/mol. The van der Waals surface area contributed by atoms with E-state index in [4.69, 9.17) is 9.16 Å². The van der Waals surface area contributed by atoms with E-state index < -0.39 is 15.5 Å². The van der Waals surface area contributed by atoms with E-state index in [-0.39, 0.29) is 5.41 Å². The van der Waals surface area contributed by atoms with Crippen molar-refractivity contribution in [2.75, 3.05) is 0 Å². The van der Waals surface area contributed by atoms with E-state index in [0.29, 0.717) is 0 Å². The first kappa shape index (κ1) is 33.8. The molecule has 2 heterocycles. The zero-order chi connectivity index (χ0) is 35.9. The van der Waals surface area contributed by atoms with Crippen LogP contribution in [0, 0.1) is 27.7 Å². The maximum atomic E-state index is 7.09. The van der Waals surface area contributed by atoms with E-state index in [0.717, 1.165) is 22.8 Å². The molecular formula is C46H46O2SSi2. The molecule has 0 bridgehead atoms. The van der Waals surface area contributed by atoms with E-state index in [1.165, 1.54) is 70.5 Å². The van der Waals surface area contributed by atoms with Crippen LogP contribution in [-0.2, 0) is 5.41 Å². The molecule has 2 aliphatic heterocycles. The molecule has 0 N–H and O–H groups in total. The molecule has 0 saturated heterocycles. The van der Waals surface area contributed by atoms with E-state index in [1.54, 1.807) is 0 Å². The molecule has 256 valence electrons. The minimum Gasteiger partial charge on any atom is -0.540 e. The van der Waals surface area contributed by atoms with Gasteiger partial charge in [0.25, 0.3) is 8.32 Å². The first-order chi connectivity index (χ1) is 24.3. The van der Waals surface area contributed by atoms with Crippen LogP contribution >= 0.6 is 11.2 Å². The molecule has 8 rings (SSSR count). The van der Waals surface area contributed by atoms with Crippen molar-refractivity contribution in [2.45, 2.75) is 71.5 Å². The SMILES string of the molecule is Cc1ccc(-c2ccc(C)c([Si]3(C)Sc4ccccc4[Si](C)(C)Oc4ccccc43)c2C)c(C)c1-c1cccc2c1Oc1ccccc1C2(C)C. The molecule has 0 radical (unpaired) electrons. The van der Waals surface area contributed by atoms with Crippen LogP contribution in [0.2, 0.25) is 19.6 Å². The molecule has 0 fully saturated rings. The molecule has 2 nitrogen and oxygen atoms in total. The number of hydrogen-bond donors (Lipinski definition) is 0. The molecule has 0 spiro atoms. The van der Waals surface area contributed by atoms with Gasteiger partial charge in [0.05, 0.1) is 0 Å². The first-order valence-corrected chi connectivity index (χ1v) is 25.0. The van der Waals surface area contributed by atoms with Crippen molar-refractivity contribution < 1.29 is 9.16 Å². The van der Waals surface area contributed by atoms with Crippen LogP contribution in [0.15, 0.2) is 120 Å². The lowest BCUT2D eigenvalue weighted by Gasteiger charge is -2.39. The molecule has 51 heavy (non-hydrogen) atoms. The smallest absolute Gasteiger partial charge is 0.277 e. The number of hydrogen-bond acceptors (Lipinski definition) is 3. The topological polar surface area (TPSA) is 18.5 Å². The van der Waals surface area contributed by atoms with Crippen molar-refractivity contribution in [3.8, 4) is 39.5 Å². The highest BCUT2D eigenvalue weighted by molar-refractivity contribution is 8.31. The van der Waals surface area contributed by atoms with Crippen molar-refractivity contribution >= 4 is 42.3 Å². The molecule has 0 amide bonds. The van der Waals surface area contributed by atoms with Gasteiger partial charge >= 0.3 is 0 Å². The minimum atomic E-state index is -2.46. The molecule has 0 aliphatic carbocycles. The molecule has 2 aliphatic rings. The summed E-state index contributed by atoms with van der Waals surface area (Å²) in [5.74, 6) is 2.97. The second-order valence-corrected chi connectivity index (χ2v) is 26.1. The van der Waals surface area contributed by atoms with Crippen LogP contribution in [0.25, 0.3) is 22.3 Å². The fourth-order valence-electron chi connectivity index (χ4n) is 8.88. The van der Waals surface area contributed by atoms with Crippen molar-refractivity contribution in [3.63, 3.8) is 0 Å². The highest BCUT2D eigenvalue weighted by atomic mass is 32.4. The van der Waals surface area contributed by atoms with Gasteiger partial charge in [-0.3, -0.25) is 0 Å². The summed E-state index contributed by atoms with van der Waals surface area (Å²) in [6, 6.07) is 42.4. The van der Waals surface area contributed by atoms with Crippen LogP contribution in [0.4, 0.5) is 0 Å². The number of rotatable bonds is 3. The number of para-hydroxylation sites is 3. The molecule has 6 aromatic rings. The fraction of sp³-hybridized carbons (Fsp3) is 0.217. The Morgan fingerprint density at radius 2 is 1.16 bits per heavy atom. The van der Waals surface area contributed by atoms with Gasteiger partial charge in [-0.25, -0.2) is 0 Å². The predicted molar refractivity (Wildman–Crippen MR) is 222 cm³/mol. The Morgan fingerprint density at radius 1 is 0.549 bits per heavy atom. The van der Waals surface area contributed by atoms with Crippen molar-refractivity contribution in [3.05, 3.63) is 149 Å². The second-order valence-electron chi connectivity index (χ2n) is 15.5. The summed E-state index contributed by atoms with van der Waals surface area (Å²) < 4.78 is 13.9. The molecule has 5 heteroatoms. The first-order valence-electron chi connectivity index (χ1n) is 18.0. The van der Waals surface area contributed by atoms with E-state index in [2.05, 4.69) is 188 Å². The Hall–Kier alpha value is -4.30. The molecule has 0 saturated carbocycles. The summed E-state index contributed by atoms with van der Waals surface area (Å²) in [6.07, 6.45) is 0. The second kappa shape index (κ2) is 12.1. The largest absolute Gasteiger partial charge is 0.540 e. The highest BCUT2D eigenvalue weighted by Gasteiger charge is 2.44. The third-order valence-corrected chi connectivity index (χ3v) is 21.4. The average Bonchev–Trinajstić information content (AvgIpc) is 3.09. The predicted octanol–water partition coefficient (Wildman–Crippen LogP) is 11.0. The van der Waals surface area contributed by atoms with E-state index in [1.807, 2.05) is 0 Å². The number of aryl methyl sites for hydroxylation is 2. The summed E-state index contributed by atoms with van der Waals surface area (Å²) in [6.45, 7) is 21.0. The Labute approximate surface area is 309 Å². The third kappa shape index (κ3) is 5.27. The van der Waals surface area contributed by atoms with Crippen LogP contribution in [0.5, 0.6) is 17.2 Å². The monoisotopic (exact) mass is 718 g/mol. The van der Waals surface area contributed by atoms with Gasteiger partial charge in [0.15, 0.2) is 7.22 Å². The summed E-state index contributed by atoms with van der Waals surface area (Å²) in [7, 11) is -4.66. The lowest BCUT2D eigenvalue weighted by atomic mass is 9.74. The quantitative estimate of drug-likeness (QED) is 0.170. The van der Waals surface area contributed by atoms with E-state index >= 15 is 0 Å². The maximum Gasteiger partial charge on any atom is 0.277 e. The van der Waals surface area contributed by atoms with Crippen LogP contribution in [0.3, 0.4) is 0 Å². The molecule has 6 aromatic carbocycles. The normalized spacial score (nSPS) is 18.1. The lowest BCUT2D eigenvalue weighted by molar-refractivity contribution is 0.419. The maximum absolute atomic E-state index is 7.09. The lowest BCUT2D eigenvalue weighted by Crippen LogP contribution is -2.60. The Balaban J connectivity index is 1.32. The van der Waals surface area contributed by atoms with Crippen molar-refractivity contribution in [1.82, 2.24) is 0 Å². The minimum absolute atomic E-state index is 0.173. The van der Waals surface area contributed by atoms with E-state index in [9.17, 15) is 0 Å².